The van der Waals surface area contributed by atoms with E-state index in [1.54, 1.807) is 0 Å². The average molecular weight is 363 g/mol. The van der Waals surface area contributed by atoms with Crippen LogP contribution in [0.5, 0.6) is 0 Å². The molecule has 0 atom stereocenters. The maximum absolute atomic E-state index is 3.30. The number of hydrogen-bond donors (Lipinski definition) is 0. The predicted molar refractivity (Wildman–Crippen MR) is 53.5 cm³/mol. The Morgan fingerprint density at radius 1 is 0.824 bits per heavy atom. The first-order valence-corrected chi connectivity index (χ1v) is 4.53. The van der Waals surface area contributed by atoms with Crippen LogP contribution in [0.1, 0.15) is 11.1 Å². The van der Waals surface area contributed by atoms with Crippen LogP contribution in [-0.4, -0.2) is 0 Å². The molecule has 0 spiro atoms. The average Bonchev–Trinajstić information content (AvgIpc) is 2.56. The van der Waals surface area contributed by atoms with Gasteiger partial charge < -0.3 is 37.2 Å². The zero-order chi connectivity index (χ0) is 8.67. The molecule has 0 bridgehead atoms. The van der Waals surface area contributed by atoms with E-state index in [9.17, 15) is 0 Å². The second kappa shape index (κ2) is 8.32. The Morgan fingerprint density at radius 3 is 2.24 bits per heavy atom. The summed E-state index contributed by atoms with van der Waals surface area (Å²) in [7, 11) is 0. The molecular formula is C13H9Cl3Zr. The molecule has 1 aliphatic rings. The molecule has 0 nitrogen and oxygen atoms in total. The van der Waals surface area contributed by atoms with Gasteiger partial charge in [0.25, 0.3) is 0 Å². The van der Waals surface area contributed by atoms with Gasteiger partial charge in [-0.25, -0.2) is 0 Å². The molecule has 2 aromatic rings. The monoisotopic (exact) mass is 360 g/mol. The van der Waals surface area contributed by atoms with Gasteiger partial charge in [-0.1, -0.05) is 35.4 Å². The van der Waals surface area contributed by atoms with E-state index in [1.807, 2.05) is 6.07 Å². The summed E-state index contributed by atoms with van der Waals surface area (Å²) in [6.45, 7) is 0. The van der Waals surface area contributed by atoms with Gasteiger partial charge in [0.2, 0.25) is 0 Å². The Labute approximate surface area is 140 Å². The number of benzene rings is 2. The molecule has 86 valence electrons. The zero-order valence-corrected chi connectivity index (χ0v) is 13.6. The molecule has 3 rings (SSSR count). The van der Waals surface area contributed by atoms with Crippen molar-refractivity contribution in [3.63, 3.8) is 0 Å². The molecule has 0 unspecified atom stereocenters. The molecule has 0 saturated carbocycles. The minimum atomic E-state index is 0. The van der Waals surface area contributed by atoms with Crippen molar-refractivity contribution in [2.45, 2.75) is 6.42 Å². The Hall–Kier alpha value is 0.193. The van der Waals surface area contributed by atoms with Crippen LogP contribution in [0.25, 0.3) is 11.1 Å². The second-order valence-electron chi connectivity index (χ2n) is 3.40. The Morgan fingerprint density at radius 2 is 1.47 bits per heavy atom. The van der Waals surface area contributed by atoms with E-state index in [1.165, 1.54) is 22.3 Å². The largest absolute Gasteiger partial charge is 4.00 e. The van der Waals surface area contributed by atoms with Crippen molar-refractivity contribution in [1.29, 1.82) is 0 Å². The summed E-state index contributed by atoms with van der Waals surface area (Å²) in [6.07, 6.45) is 1.05. The topological polar surface area (TPSA) is 0 Å². The summed E-state index contributed by atoms with van der Waals surface area (Å²) in [5.41, 5.74) is 5.51. The van der Waals surface area contributed by atoms with Gasteiger partial charge in [-0.05, 0) is 6.42 Å². The fraction of sp³-hybridized carbons (Fsp3) is 0.0769. The summed E-state index contributed by atoms with van der Waals surface area (Å²) >= 11 is 0. The molecule has 2 aromatic carbocycles. The summed E-state index contributed by atoms with van der Waals surface area (Å²) in [4.78, 5) is 0. The standard InChI is InChI=1S/C13H9.3ClH.Zr/c1-3-7-12-10(5-1)9-11-6-2-4-8-13(11)12;;;;/h1-5,7-8H,9H2;3*1H;/q-1;;;;+4/p-3. The van der Waals surface area contributed by atoms with Crippen LogP contribution in [0.2, 0.25) is 0 Å². The van der Waals surface area contributed by atoms with Gasteiger partial charge in [0.15, 0.2) is 0 Å². The van der Waals surface area contributed by atoms with Crippen LogP contribution in [0.3, 0.4) is 0 Å². The molecule has 0 amide bonds. The summed E-state index contributed by atoms with van der Waals surface area (Å²) < 4.78 is 0. The number of fused-ring (bicyclic) bond motifs is 3. The van der Waals surface area contributed by atoms with Gasteiger partial charge in [0, 0.05) is 0 Å². The minimum Gasteiger partial charge on any atom is -1.00 e. The van der Waals surface area contributed by atoms with Crippen molar-refractivity contribution in [2.75, 3.05) is 0 Å². The van der Waals surface area contributed by atoms with E-state index >= 15 is 0 Å². The van der Waals surface area contributed by atoms with Crippen LogP contribution in [0.4, 0.5) is 0 Å². The minimum absolute atomic E-state index is 0. The van der Waals surface area contributed by atoms with Crippen LogP contribution in [0, 0.1) is 6.07 Å². The molecular weight excluding hydrogens is 354 g/mol. The van der Waals surface area contributed by atoms with Crippen molar-refractivity contribution < 1.29 is 63.4 Å². The third-order valence-electron chi connectivity index (χ3n) is 2.62. The first kappa shape index (κ1) is 19.5. The summed E-state index contributed by atoms with van der Waals surface area (Å²) in [6, 6.07) is 18.1. The van der Waals surface area contributed by atoms with Gasteiger partial charge in [-0.2, -0.15) is 29.8 Å². The van der Waals surface area contributed by atoms with Gasteiger partial charge in [-0.15, -0.1) is 5.56 Å². The molecule has 4 heteroatoms. The van der Waals surface area contributed by atoms with E-state index in [0.29, 0.717) is 0 Å². The molecule has 0 heterocycles. The second-order valence-corrected chi connectivity index (χ2v) is 3.40. The van der Waals surface area contributed by atoms with Crippen LogP contribution < -0.4 is 37.2 Å². The molecule has 0 N–H and O–H groups in total. The molecule has 17 heavy (non-hydrogen) atoms. The van der Waals surface area contributed by atoms with Crippen molar-refractivity contribution in [1.82, 2.24) is 0 Å². The van der Waals surface area contributed by atoms with Gasteiger partial charge in [0.1, 0.15) is 0 Å². The fourth-order valence-corrected chi connectivity index (χ4v) is 2.00. The molecule has 0 radical (unpaired) electrons. The summed E-state index contributed by atoms with van der Waals surface area (Å²) in [5.74, 6) is 0. The van der Waals surface area contributed by atoms with Gasteiger partial charge in [0.05, 0.1) is 0 Å². The molecule has 0 saturated heterocycles. The third-order valence-corrected chi connectivity index (χ3v) is 2.62. The van der Waals surface area contributed by atoms with E-state index < -0.39 is 0 Å². The first-order chi connectivity index (χ1) is 6.45. The maximum atomic E-state index is 3.30. The zero-order valence-electron chi connectivity index (χ0n) is 8.88. The van der Waals surface area contributed by atoms with Crippen LogP contribution in [-0.2, 0) is 32.6 Å². The van der Waals surface area contributed by atoms with Crippen LogP contribution >= 0.6 is 0 Å². The third kappa shape index (κ3) is 3.58. The Balaban J connectivity index is 0. The van der Waals surface area contributed by atoms with E-state index in [4.69, 9.17) is 0 Å². The summed E-state index contributed by atoms with van der Waals surface area (Å²) in [5, 5.41) is 0. The van der Waals surface area contributed by atoms with Crippen molar-refractivity contribution >= 4 is 0 Å². The number of rotatable bonds is 0. The maximum Gasteiger partial charge on any atom is 4.00 e. The Kier molecular flexibility index (Phi) is 9.56. The van der Waals surface area contributed by atoms with E-state index in [2.05, 4.69) is 42.5 Å². The van der Waals surface area contributed by atoms with Gasteiger partial charge in [-0.3, -0.25) is 0 Å². The molecule has 0 aliphatic heterocycles. The first-order valence-electron chi connectivity index (χ1n) is 4.53. The van der Waals surface area contributed by atoms with Crippen molar-refractivity contribution in [2.24, 2.45) is 0 Å². The Bertz CT molecular complexity index is 428. The molecule has 0 fully saturated rings. The molecule has 1 aliphatic carbocycles. The van der Waals surface area contributed by atoms with E-state index in [-0.39, 0.29) is 63.4 Å². The molecule has 0 aromatic heterocycles. The number of hydrogen-bond acceptors (Lipinski definition) is 0. The quantitative estimate of drug-likeness (QED) is 0.349. The van der Waals surface area contributed by atoms with Gasteiger partial charge >= 0.3 is 26.2 Å². The van der Waals surface area contributed by atoms with Crippen molar-refractivity contribution in [3.8, 4) is 11.1 Å². The number of halogens is 3. The predicted octanol–water partition coefficient (Wildman–Crippen LogP) is -5.93. The normalized spacial score (nSPS) is 9.41. The smallest absolute Gasteiger partial charge is 1.00 e. The van der Waals surface area contributed by atoms with Crippen molar-refractivity contribution in [3.05, 3.63) is 59.7 Å². The SMILES string of the molecule is [Cl-].[Cl-].[Cl-].[Zr+4].[c-]1cccc2c1Cc1ccccc1-2. The van der Waals surface area contributed by atoms with Crippen LogP contribution in [0.15, 0.2) is 42.5 Å². The fourth-order valence-electron chi connectivity index (χ4n) is 2.00. The van der Waals surface area contributed by atoms with E-state index in [0.717, 1.165) is 6.42 Å².